The van der Waals surface area contributed by atoms with Crippen molar-refractivity contribution in [1.29, 1.82) is 0 Å². The third-order valence-corrected chi connectivity index (χ3v) is 4.37. The van der Waals surface area contributed by atoms with Crippen LogP contribution < -0.4 is 10.6 Å². The third kappa shape index (κ3) is 3.25. The number of pyridine rings is 1. The minimum atomic E-state index is -0.0373. The van der Waals surface area contributed by atoms with Crippen LogP contribution in [0.3, 0.4) is 0 Å². The fourth-order valence-electron chi connectivity index (χ4n) is 2.55. The second-order valence-electron chi connectivity index (χ2n) is 5.12. The molecule has 1 aromatic rings. The van der Waals surface area contributed by atoms with Gasteiger partial charge in [-0.15, -0.1) is 0 Å². The fraction of sp³-hybridized carbons (Fsp3) is 0.615. The quantitative estimate of drug-likeness (QED) is 0.780. The Balaban J connectivity index is 2.10. The number of nitrogens with zero attached hydrogens (tertiary/aromatic N) is 1. The molecule has 0 bridgehead atoms. The first-order chi connectivity index (χ1) is 9.10. The van der Waals surface area contributed by atoms with Gasteiger partial charge in [0, 0.05) is 19.0 Å². The maximum atomic E-state index is 9.58. The number of hydrogen-bond donors (Lipinski definition) is 3. The molecule has 3 N–H and O–H groups in total. The summed E-state index contributed by atoms with van der Waals surface area (Å²) in [5.74, 6) is 1.20. The standard InChI is InChI=1S/C13H19Cl2N3O/c1-16-11-9(14)6-10(15)12(18-11)17-7-13(8-19)4-2-3-5-13/h6,19H,2-5,7-8H2,1H3,(H2,16,17,18). The lowest BCUT2D eigenvalue weighted by atomic mass is 9.87. The average Bonchev–Trinajstić information content (AvgIpc) is 2.87. The van der Waals surface area contributed by atoms with Crippen molar-refractivity contribution >= 4 is 34.8 Å². The molecule has 106 valence electrons. The van der Waals surface area contributed by atoms with E-state index in [9.17, 15) is 5.11 Å². The van der Waals surface area contributed by atoms with E-state index < -0.39 is 0 Å². The Hall–Kier alpha value is -0.710. The monoisotopic (exact) mass is 303 g/mol. The summed E-state index contributed by atoms with van der Waals surface area (Å²) in [6, 6.07) is 1.67. The maximum Gasteiger partial charge on any atom is 0.147 e. The van der Waals surface area contributed by atoms with E-state index in [1.807, 2.05) is 0 Å². The van der Waals surface area contributed by atoms with Gasteiger partial charge in [0.05, 0.1) is 16.7 Å². The molecular formula is C13H19Cl2N3O. The molecule has 1 aliphatic carbocycles. The minimum absolute atomic E-state index is 0.0373. The van der Waals surface area contributed by atoms with Crippen LogP contribution in [0.1, 0.15) is 25.7 Å². The van der Waals surface area contributed by atoms with Crippen LogP contribution in [0.4, 0.5) is 11.6 Å². The first kappa shape index (κ1) is 14.7. The summed E-state index contributed by atoms with van der Waals surface area (Å²) in [4.78, 5) is 4.35. The lowest BCUT2D eigenvalue weighted by molar-refractivity contribution is 0.142. The van der Waals surface area contributed by atoms with Crippen LogP contribution >= 0.6 is 23.2 Å². The molecule has 1 aromatic heterocycles. The van der Waals surface area contributed by atoms with Gasteiger partial charge in [-0.2, -0.15) is 0 Å². The number of rotatable bonds is 5. The first-order valence-corrected chi connectivity index (χ1v) is 7.24. The summed E-state index contributed by atoms with van der Waals surface area (Å²) in [5.41, 5.74) is -0.0373. The predicted octanol–water partition coefficient (Wildman–Crippen LogP) is 3.39. The first-order valence-electron chi connectivity index (χ1n) is 6.49. The molecule has 0 saturated heterocycles. The summed E-state index contributed by atoms with van der Waals surface area (Å²) in [6.45, 7) is 0.880. The molecule has 1 aliphatic rings. The van der Waals surface area contributed by atoms with Crippen molar-refractivity contribution < 1.29 is 5.11 Å². The van der Waals surface area contributed by atoms with Crippen LogP contribution in [0.5, 0.6) is 0 Å². The van der Waals surface area contributed by atoms with Gasteiger partial charge in [0.25, 0.3) is 0 Å². The lowest BCUT2D eigenvalue weighted by Crippen LogP contribution is -2.30. The van der Waals surface area contributed by atoms with Crippen molar-refractivity contribution in [1.82, 2.24) is 4.98 Å². The second-order valence-corrected chi connectivity index (χ2v) is 5.93. The van der Waals surface area contributed by atoms with Gasteiger partial charge in [-0.25, -0.2) is 4.98 Å². The van der Waals surface area contributed by atoms with Gasteiger partial charge in [0.2, 0.25) is 0 Å². The maximum absolute atomic E-state index is 9.58. The molecular weight excluding hydrogens is 285 g/mol. The van der Waals surface area contributed by atoms with E-state index in [0.717, 1.165) is 12.8 Å². The van der Waals surface area contributed by atoms with Crippen molar-refractivity contribution in [3.63, 3.8) is 0 Å². The van der Waals surface area contributed by atoms with Gasteiger partial charge in [0.15, 0.2) is 0 Å². The Labute approximate surface area is 123 Å². The van der Waals surface area contributed by atoms with Gasteiger partial charge >= 0.3 is 0 Å². The van der Waals surface area contributed by atoms with Crippen LogP contribution in [-0.2, 0) is 0 Å². The van der Waals surface area contributed by atoms with E-state index in [1.165, 1.54) is 12.8 Å². The molecule has 0 unspecified atom stereocenters. The summed E-state index contributed by atoms with van der Waals surface area (Å²) in [5, 5.41) is 16.7. The molecule has 19 heavy (non-hydrogen) atoms. The molecule has 0 spiro atoms. The Bertz CT molecular complexity index is 448. The zero-order valence-electron chi connectivity index (χ0n) is 11.0. The second kappa shape index (κ2) is 6.16. The lowest BCUT2D eigenvalue weighted by Gasteiger charge is -2.27. The van der Waals surface area contributed by atoms with Crippen LogP contribution in [-0.4, -0.2) is 30.3 Å². The fourth-order valence-corrected chi connectivity index (χ4v) is 3.07. The van der Waals surface area contributed by atoms with Gasteiger partial charge in [-0.1, -0.05) is 36.0 Å². The molecule has 6 heteroatoms. The SMILES string of the molecule is CNc1nc(NCC2(CO)CCCC2)c(Cl)cc1Cl. The number of anilines is 2. The predicted molar refractivity (Wildman–Crippen MR) is 80.3 cm³/mol. The highest BCUT2D eigenvalue weighted by Crippen LogP contribution is 2.38. The van der Waals surface area contributed by atoms with Gasteiger partial charge < -0.3 is 15.7 Å². The molecule has 0 atom stereocenters. The molecule has 1 saturated carbocycles. The highest BCUT2D eigenvalue weighted by Gasteiger charge is 2.33. The van der Waals surface area contributed by atoms with E-state index in [1.54, 1.807) is 13.1 Å². The van der Waals surface area contributed by atoms with Crippen molar-refractivity contribution in [2.24, 2.45) is 5.41 Å². The van der Waals surface area contributed by atoms with Gasteiger partial charge in [-0.3, -0.25) is 0 Å². The molecule has 4 nitrogen and oxygen atoms in total. The Morgan fingerprint density at radius 3 is 2.47 bits per heavy atom. The van der Waals surface area contributed by atoms with E-state index in [2.05, 4.69) is 15.6 Å². The topological polar surface area (TPSA) is 57.2 Å². The molecule has 1 fully saturated rings. The van der Waals surface area contributed by atoms with Crippen LogP contribution in [0.25, 0.3) is 0 Å². The average molecular weight is 304 g/mol. The zero-order valence-corrected chi connectivity index (χ0v) is 12.5. The number of nitrogens with one attached hydrogen (secondary N) is 2. The van der Waals surface area contributed by atoms with Crippen LogP contribution in [0, 0.1) is 5.41 Å². The smallest absolute Gasteiger partial charge is 0.147 e. The largest absolute Gasteiger partial charge is 0.396 e. The molecule has 2 rings (SSSR count). The normalized spacial score (nSPS) is 17.5. The van der Waals surface area contributed by atoms with E-state index in [0.29, 0.717) is 28.2 Å². The number of aliphatic hydroxyl groups excluding tert-OH is 1. The van der Waals surface area contributed by atoms with Crippen molar-refractivity contribution in [2.45, 2.75) is 25.7 Å². The minimum Gasteiger partial charge on any atom is -0.396 e. The Morgan fingerprint density at radius 1 is 1.26 bits per heavy atom. The van der Waals surface area contributed by atoms with Gasteiger partial charge in [0.1, 0.15) is 11.6 Å². The molecule has 1 heterocycles. The third-order valence-electron chi connectivity index (χ3n) is 3.80. The summed E-state index contributed by atoms with van der Waals surface area (Å²) >= 11 is 12.1. The van der Waals surface area contributed by atoms with Crippen molar-refractivity contribution in [3.05, 3.63) is 16.1 Å². The van der Waals surface area contributed by atoms with Crippen molar-refractivity contribution in [3.8, 4) is 0 Å². The number of hydrogen-bond acceptors (Lipinski definition) is 4. The van der Waals surface area contributed by atoms with E-state index in [4.69, 9.17) is 23.2 Å². The zero-order chi connectivity index (χ0) is 13.9. The molecule has 0 radical (unpaired) electrons. The number of halogens is 2. The number of aliphatic hydroxyl groups is 1. The van der Waals surface area contributed by atoms with E-state index >= 15 is 0 Å². The molecule has 0 aliphatic heterocycles. The van der Waals surface area contributed by atoms with E-state index in [-0.39, 0.29) is 12.0 Å². The molecule has 0 amide bonds. The van der Waals surface area contributed by atoms with Crippen LogP contribution in [0.2, 0.25) is 10.0 Å². The Kier molecular flexibility index (Phi) is 4.76. The summed E-state index contributed by atoms with van der Waals surface area (Å²) in [6.07, 6.45) is 4.43. The number of aromatic nitrogens is 1. The highest BCUT2D eigenvalue weighted by molar-refractivity contribution is 6.37. The highest BCUT2D eigenvalue weighted by atomic mass is 35.5. The molecule has 0 aromatic carbocycles. The van der Waals surface area contributed by atoms with Crippen LogP contribution in [0.15, 0.2) is 6.07 Å². The summed E-state index contributed by atoms with van der Waals surface area (Å²) < 4.78 is 0. The summed E-state index contributed by atoms with van der Waals surface area (Å²) in [7, 11) is 1.76. The Morgan fingerprint density at radius 2 is 1.89 bits per heavy atom. The van der Waals surface area contributed by atoms with Crippen molar-refractivity contribution in [2.75, 3.05) is 30.8 Å². The van der Waals surface area contributed by atoms with Gasteiger partial charge in [-0.05, 0) is 18.9 Å².